The van der Waals surface area contributed by atoms with Crippen molar-refractivity contribution in [3.05, 3.63) is 77.9 Å². The molecule has 0 aromatic heterocycles. The highest BCUT2D eigenvalue weighted by atomic mass is 16.6. The van der Waals surface area contributed by atoms with Crippen LogP contribution in [0.4, 0.5) is 0 Å². The van der Waals surface area contributed by atoms with Gasteiger partial charge in [-0.25, -0.2) is 4.79 Å². The number of carbonyl (C=O) groups excluding carboxylic acids is 1. The van der Waals surface area contributed by atoms with Crippen LogP contribution in [0.1, 0.15) is 58.6 Å². The van der Waals surface area contributed by atoms with Crippen molar-refractivity contribution in [1.29, 1.82) is 0 Å². The van der Waals surface area contributed by atoms with Gasteiger partial charge in [-0.1, -0.05) is 76.6 Å². The molecule has 4 nitrogen and oxygen atoms in total. The van der Waals surface area contributed by atoms with Crippen LogP contribution in [0.5, 0.6) is 17.2 Å². The van der Waals surface area contributed by atoms with E-state index in [1.165, 1.54) is 24.0 Å². The monoisotopic (exact) mass is 460 g/mol. The predicted molar refractivity (Wildman–Crippen MR) is 138 cm³/mol. The van der Waals surface area contributed by atoms with E-state index in [9.17, 15) is 4.79 Å². The van der Waals surface area contributed by atoms with Crippen LogP contribution >= 0.6 is 0 Å². The Labute approximate surface area is 203 Å². The molecule has 0 amide bonds. The largest absolute Gasteiger partial charge is 0.478 e. The second-order valence-electron chi connectivity index (χ2n) is 9.43. The summed E-state index contributed by atoms with van der Waals surface area (Å²) in [5, 5.41) is 0. The van der Waals surface area contributed by atoms with E-state index in [0.29, 0.717) is 23.9 Å². The highest BCUT2D eigenvalue weighted by Gasteiger charge is 2.15. The van der Waals surface area contributed by atoms with Crippen LogP contribution in [0, 0.1) is 0 Å². The maximum Gasteiger partial charge on any atom is 0.344 e. The van der Waals surface area contributed by atoms with Gasteiger partial charge in [0.15, 0.2) is 18.1 Å². The molecule has 4 heteroatoms. The molecule has 180 valence electrons. The van der Waals surface area contributed by atoms with Crippen molar-refractivity contribution >= 4 is 5.97 Å². The molecular weight excluding hydrogens is 424 g/mol. The van der Waals surface area contributed by atoms with Gasteiger partial charge < -0.3 is 14.2 Å². The van der Waals surface area contributed by atoms with Gasteiger partial charge in [-0.2, -0.15) is 0 Å². The minimum absolute atomic E-state index is 0.0696. The van der Waals surface area contributed by atoms with E-state index in [4.69, 9.17) is 14.2 Å². The molecule has 0 spiro atoms. The van der Waals surface area contributed by atoms with Crippen molar-refractivity contribution in [2.45, 2.75) is 59.3 Å². The predicted octanol–water partition coefficient (Wildman–Crippen LogP) is 7.73. The Morgan fingerprint density at radius 3 is 2.12 bits per heavy atom. The average Bonchev–Trinajstić information content (AvgIpc) is 2.82. The zero-order valence-corrected chi connectivity index (χ0v) is 21.0. The number of esters is 1. The number of rotatable bonds is 10. The normalized spacial score (nSPS) is 11.2. The highest BCUT2D eigenvalue weighted by molar-refractivity contribution is 5.72. The SMILES string of the molecule is CCCCc1ccc(-c2ccc(Oc3ccc(C(C)(C)C)cc3)c(OCC(=O)OCC)c2)cc1. The van der Waals surface area contributed by atoms with Gasteiger partial charge in [0.1, 0.15) is 5.75 Å². The molecule has 3 rings (SSSR count). The zero-order chi connectivity index (χ0) is 24.6. The first-order valence-electron chi connectivity index (χ1n) is 12.1. The number of carbonyl (C=O) groups is 1. The number of hydrogen-bond donors (Lipinski definition) is 0. The first-order valence-corrected chi connectivity index (χ1v) is 12.1. The molecule has 3 aromatic carbocycles. The van der Waals surface area contributed by atoms with Crippen molar-refractivity contribution < 1.29 is 19.0 Å². The first kappa shape index (κ1) is 25.4. The minimum atomic E-state index is -0.409. The lowest BCUT2D eigenvalue weighted by atomic mass is 9.87. The molecule has 0 aliphatic rings. The molecule has 3 aromatic rings. The molecule has 0 heterocycles. The molecule has 0 unspecified atom stereocenters. The van der Waals surface area contributed by atoms with Gasteiger partial charge in [0.05, 0.1) is 6.61 Å². The fraction of sp³-hybridized carbons (Fsp3) is 0.367. The fourth-order valence-electron chi connectivity index (χ4n) is 3.62. The fourth-order valence-corrected chi connectivity index (χ4v) is 3.62. The van der Waals surface area contributed by atoms with Gasteiger partial charge in [-0.15, -0.1) is 0 Å². The summed E-state index contributed by atoms with van der Waals surface area (Å²) in [5.41, 5.74) is 4.72. The lowest BCUT2D eigenvalue weighted by Crippen LogP contribution is -2.14. The Balaban J connectivity index is 1.85. The molecule has 0 aliphatic heterocycles. The molecule has 0 bridgehead atoms. The van der Waals surface area contributed by atoms with Crippen molar-refractivity contribution in [2.24, 2.45) is 0 Å². The lowest BCUT2D eigenvalue weighted by molar-refractivity contribution is -0.145. The summed E-state index contributed by atoms with van der Waals surface area (Å²) in [6.45, 7) is 10.7. The molecule has 0 fully saturated rings. The Bertz CT molecular complexity index is 1060. The number of benzene rings is 3. The number of unbranched alkanes of at least 4 members (excludes halogenated alkanes) is 1. The van der Waals surface area contributed by atoms with Crippen molar-refractivity contribution in [1.82, 2.24) is 0 Å². The van der Waals surface area contributed by atoms with E-state index in [-0.39, 0.29) is 12.0 Å². The van der Waals surface area contributed by atoms with Gasteiger partial charge in [0.2, 0.25) is 0 Å². The average molecular weight is 461 g/mol. The van der Waals surface area contributed by atoms with Gasteiger partial charge >= 0.3 is 5.97 Å². The quantitative estimate of drug-likeness (QED) is 0.290. The van der Waals surface area contributed by atoms with E-state index in [2.05, 4.69) is 64.1 Å². The van der Waals surface area contributed by atoms with Crippen LogP contribution < -0.4 is 9.47 Å². The van der Waals surface area contributed by atoms with E-state index in [0.717, 1.165) is 17.5 Å². The van der Waals surface area contributed by atoms with E-state index >= 15 is 0 Å². The maximum absolute atomic E-state index is 11.9. The molecule has 0 aliphatic carbocycles. The number of ether oxygens (including phenoxy) is 3. The minimum Gasteiger partial charge on any atom is -0.478 e. The van der Waals surface area contributed by atoms with E-state index in [1.807, 2.05) is 30.3 Å². The van der Waals surface area contributed by atoms with Gasteiger partial charge in [0.25, 0.3) is 0 Å². The van der Waals surface area contributed by atoms with Crippen LogP contribution in [-0.2, 0) is 21.4 Å². The molecular formula is C30H36O4. The Morgan fingerprint density at radius 1 is 0.824 bits per heavy atom. The van der Waals surface area contributed by atoms with Gasteiger partial charge in [-0.05, 0) is 71.7 Å². The molecule has 0 saturated carbocycles. The lowest BCUT2D eigenvalue weighted by Gasteiger charge is -2.19. The summed E-state index contributed by atoms with van der Waals surface area (Å²) in [7, 11) is 0. The summed E-state index contributed by atoms with van der Waals surface area (Å²) in [6, 6.07) is 22.5. The Morgan fingerprint density at radius 2 is 1.50 bits per heavy atom. The highest BCUT2D eigenvalue weighted by Crippen LogP contribution is 2.36. The van der Waals surface area contributed by atoms with Crippen molar-refractivity contribution in [3.8, 4) is 28.4 Å². The Kier molecular flexibility index (Phi) is 8.75. The molecule has 0 saturated heterocycles. The number of aryl methyl sites for hydroxylation is 1. The molecule has 0 N–H and O–H groups in total. The second-order valence-corrected chi connectivity index (χ2v) is 9.43. The third-order valence-electron chi connectivity index (χ3n) is 5.65. The van der Waals surface area contributed by atoms with Crippen molar-refractivity contribution in [2.75, 3.05) is 13.2 Å². The topological polar surface area (TPSA) is 44.8 Å². The van der Waals surface area contributed by atoms with Gasteiger partial charge in [0, 0.05) is 0 Å². The molecule has 0 radical (unpaired) electrons. The zero-order valence-electron chi connectivity index (χ0n) is 21.0. The van der Waals surface area contributed by atoms with Crippen LogP contribution in [-0.4, -0.2) is 19.2 Å². The number of hydrogen-bond acceptors (Lipinski definition) is 4. The molecule has 34 heavy (non-hydrogen) atoms. The van der Waals surface area contributed by atoms with Crippen LogP contribution in [0.25, 0.3) is 11.1 Å². The standard InChI is InChI=1S/C30H36O4/c1-6-8-9-22-10-12-23(13-11-22)24-14-19-27(28(20-24)33-21-29(31)32-7-2)34-26-17-15-25(16-18-26)30(3,4)5/h10-20H,6-9,21H2,1-5H3. The second kappa shape index (κ2) is 11.7. The van der Waals surface area contributed by atoms with E-state index < -0.39 is 5.97 Å². The first-order chi connectivity index (χ1) is 16.3. The van der Waals surface area contributed by atoms with Gasteiger partial charge in [-0.3, -0.25) is 0 Å². The van der Waals surface area contributed by atoms with Crippen molar-refractivity contribution in [3.63, 3.8) is 0 Å². The maximum atomic E-state index is 11.9. The summed E-state index contributed by atoms with van der Waals surface area (Å²) in [5.74, 6) is 1.35. The third-order valence-corrected chi connectivity index (χ3v) is 5.65. The summed E-state index contributed by atoms with van der Waals surface area (Å²) >= 11 is 0. The summed E-state index contributed by atoms with van der Waals surface area (Å²) < 4.78 is 17.0. The van der Waals surface area contributed by atoms with Crippen LogP contribution in [0.15, 0.2) is 66.7 Å². The Hall–Kier alpha value is -3.27. The molecule has 0 atom stereocenters. The summed E-state index contributed by atoms with van der Waals surface area (Å²) in [4.78, 5) is 11.9. The van der Waals surface area contributed by atoms with Crippen LogP contribution in [0.3, 0.4) is 0 Å². The third kappa shape index (κ3) is 7.11. The van der Waals surface area contributed by atoms with E-state index in [1.54, 1.807) is 6.92 Å². The smallest absolute Gasteiger partial charge is 0.344 e. The summed E-state index contributed by atoms with van der Waals surface area (Å²) in [6.07, 6.45) is 3.46. The van der Waals surface area contributed by atoms with Crippen LogP contribution in [0.2, 0.25) is 0 Å².